The van der Waals surface area contributed by atoms with Gasteiger partial charge in [0.05, 0.1) is 0 Å². The van der Waals surface area contributed by atoms with E-state index in [0.29, 0.717) is 5.15 Å². The lowest BCUT2D eigenvalue weighted by molar-refractivity contribution is 0.775. The van der Waals surface area contributed by atoms with Crippen LogP contribution in [0.5, 0.6) is 0 Å². The van der Waals surface area contributed by atoms with Crippen LogP contribution in [0.1, 0.15) is 24.5 Å². The topological polar surface area (TPSA) is 38.9 Å². The molecule has 3 heteroatoms. The minimum atomic E-state index is 0.134. The SMILES string of the molecule is C[C@@H](N)C1=Cc2cc(Cl)ncc2CC1. The van der Waals surface area contributed by atoms with Gasteiger partial charge in [0, 0.05) is 12.2 Å². The summed E-state index contributed by atoms with van der Waals surface area (Å²) in [6, 6.07) is 2.04. The summed E-state index contributed by atoms with van der Waals surface area (Å²) >= 11 is 5.83. The predicted octanol–water partition coefficient (Wildman–Crippen LogP) is 2.41. The highest BCUT2D eigenvalue weighted by Gasteiger charge is 2.13. The maximum Gasteiger partial charge on any atom is 0.129 e. The van der Waals surface area contributed by atoms with E-state index in [2.05, 4.69) is 11.1 Å². The van der Waals surface area contributed by atoms with E-state index >= 15 is 0 Å². The highest BCUT2D eigenvalue weighted by Crippen LogP contribution is 2.26. The highest BCUT2D eigenvalue weighted by molar-refractivity contribution is 6.29. The number of nitrogens with zero attached hydrogens (tertiary/aromatic N) is 1. The molecule has 74 valence electrons. The second kappa shape index (κ2) is 3.71. The third-order valence-electron chi connectivity index (χ3n) is 2.60. The van der Waals surface area contributed by atoms with Crippen LogP contribution in [0.3, 0.4) is 0 Å². The zero-order valence-electron chi connectivity index (χ0n) is 8.13. The third-order valence-corrected chi connectivity index (χ3v) is 2.80. The highest BCUT2D eigenvalue weighted by atomic mass is 35.5. The van der Waals surface area contributed by atoms with Crippen LogP contribution in [0, 0.1) is 0 Å². The van der Waals surface area contributed by atoms with Gasteiger partial charge in [-0.1, -0.05) is 23.3 Å². The normalized spacial score (nSPS) is 17.2. The van der Waals surface area contributed by atoms with Crippen molar-refractivity contribution in [2.75, 3.05) is 0 Å². The smallest absolute Gasteiger partial charge is 0.129 e. The first-order valence-corrected chi connectivity index (χ1v) is 5.15. The monoisotopic (exact) mass is 208 g/mol. The fraction of sp³-hybridized carbons (Fsp3) is 0.364. The molecule has 0 amide bonds. The fourth-order valence-electron chi connectivity index (χ4n) is 1.73. The van der Waals surface area contributed by atoms with Crippen molar-refractivity contribution in [2.24, 2.45) is 5.73 Å². The van der Waals surface area contributed by atoms with Crippen LogP contribution in [0.4, 0.5) is 0 Å². The van der Waals surface area contributed by atoms with Crippen molar-refractivity contribution in [3.05, 3.63) is 34.1 Å². The number of aromatic nitrogens is 1. The van der Waals surface area contributed by atoms with Crippen molar-refractivity contribution in [3.63, 3.8) is 0 Å². The Labute approximate surface area is 88.8 Å². The fourth-order valence-corrected chi connectivity index (χ4v) is 1.89. The van der Waals surface area contributed by atoms with Crippen LogP contribution in [0.25, 0.3) is 6.08 Å². The predicted molar refractivity (Wildman–Crippen MR) is 59.2 cm³/mol. The summed E-state index contributed by atoms with van der Waals surface area (Å²) in [6.45, 7) is 2.01. The number of halogens is 1. The number of aryl methyl sites for hydroxylation is 1. The first-order valence-electron chi connectivity index (χ1n) is 4.77. The minimum absolute atomic E-state index is 0.134. The van der Waals surface area contributed by atoms with Gasteiger partial charge in [0.1, 0.15) is 5.15 Å². The summed E-state index contributed by atoms with van der Waals surface area (Å²) in [5.74, 6) is 0. The summed E-state index contributed by atoms with van der Waals surface area (Å²) in [5.41, 5.74) is 9.57. The van der Waals surface area contributed by atoms with Crippen molar-refractivity contribution in [2.45, 2.75) is 25.8 Å². The molecule has 2 nitrogen and oxygen atoms in total. The molecule has 0 spiro atoms. The molecule has 1 aliphatic rings. The molecule has 0 fully saturated rings. The van der Waals surface area contributed by atoms with Crippen LogP contribution in [-0.4, -0.2) is 11.0 Å². The Morgan fingerprint density at radius 2 is 2.29 bits per heavy atom. The molecule has 0 saturated carbocycles. The lowest BCUT2D eigenvalue weighted by Gasteiger charge is -2.18. The Balaban J connectivity index is 2.42. The molecule has 0 unspecified atom stereocenters. The molecule has 0 bridgehead atoms. The van der Waals surface area contributed by atoms with E-state index in [1.165, 1.54) is 16.7 Å². The maximum atomic E-state index is 5.85. The number of fused-ring (bicyclic) bond motifs is 1. The molecule has 2 N–H and O–H groups in total. The molecular weight excluding hydrogens is 196 g/mol. The van der Waals surface area contributed by atoms with Gasteiger partial charge in [0.15, 0.2) is 0 Å². The molecular formula is C11H13ClN2. The molecule has 0 saturated heterocycles. The average Bonchev–Trinajstić information content (AvgIpc) is 2.16. The summed E-state index contributed by atoms with van der Waals surface area (Å²) in [7, 11) is 0. The summed E-state index contributed by atoms with van der Waals surface area (Å²) < 4.78 is 0. The molecule has 2 rings (SSSR count). The van der Waals surface area contributed by atoms with Crippen molar-refractivity contribution < 1.29 is 0 Å². The van der Waals surface area contributed by atoms with E-state index in [0.717, 1.165) is 12.8 Å². The van der Waals surface area contributed by atoms with Crippen LogP contribution < -0.4 is 5.73 Å². The Hall–Kier alpha value is -0.860. The number of pyridine rings is 1. The molecule has 0 aromatic carbocycles. The second-order valence-electron chi connectivity index (χ2n) is 3.71. The van der Waals surface area contributed by atoms with Crippen molar-refractivity contribution in [3.8, 4) is 0 Å². The van der Waals surface area contributed by atoms with Crippen LogP contribution in [0.15, 0.2) is 17.8 Å². The summed E-state index contributed by atoms with van der Waals surface area (Å²) in [4.78, 5) is 4.07. The van der Waals surface area contributed by atoms with Gasteiger partial charge in [-0.05, 0) is 37.0 Å². The molecule has 0 radical (unpaired) electrons. The minimum Gasteiger partial charge on any atom is -0.324 e. The molecule has 14 heavy (non-hydrogen) atoms. The standard InChI is InChI=1S/C11H13ClN2/c1-7(13)8-2-3-9-6-14-11(12)5-10(9)4-8/h4-7H,2-3,13H2,1H3/t7-/m1/s1. The van der Waals surface area contributed by atoms with Crippen LogP contribution in [0.2, 0.25) is 5.15 Å². The summed E-state index contributed by atoms with van der Waals surface area (Å²) in [6.07, 6.45) is 6.05. The van der Waals surface area contributed by atoms with Gasteiger partial charge in [-0.2, -0.15) is 0 Å². The van der Waals surface area contributed by atoms with Gasteiger partial charge in [-0.25, -0.2) is 4.98 Å². The number of rotatable bonds is 1. The van der Waals surface area contributed by atoms with E-state index in [-0.39, 0.29) is 6.04 Å². The molecule has 1 aromatic rings. The lowest BCUT2D eigenvalue weighted by atomic mass is 9.91. The maximum absolute atomic E-state index is 5.85. The van der Waals surface area contributed by atoms with Crippen LogP contribution >= 0.6 is 11.6 Å². The van der Waals surface area contributed by atoms with Gasteiger partial charge in [0.2, 0.25) is 0 Å². The molecule has 1 atom stereocenters. The van der Waals surface area contributed by atoms with E-state index in [1.54, 1.807) is 0 Å². The first kappa shape index (κ1) is 9.69. The van der Waals surface area contributed by atoms with Gasteiger partial charge in [-0.3, -0.25) is 0 Å². The molecule has 0 aliphatic heterocycles. The Bertz CT molecular complexity index is 383. The Morgan fingerprint density at radius 1 is 1.50 bits per heavy atom. The van der Waals surface area contributed by atoms with Crippen LogP contribution in [-0.2, 0) is 6.42 Å². The quantitative estimate of drug-likeness (QED) is 0.720. The van der Waals surface area contributed by atoms with Gasteiger partial charge in [0.25, 0.3) is 0 Å². The number of hydrogen-bond donors (Lipinski definition) is 1. The van der Waals surface area contributed by atoms with E-state index in [9.17, 15) is 0 Å². The molecule has 1 aromatic heterocycles. The lowest BCUT2D eigenvalue weighted by Crippen LogP contribution is -2.20. The van der Waals surface area contributed by atoms with Crippen molar-refractivity contribution in [1.82, 2.24) is 4.98 Å². The molecule has 1 aliphatic carbocycles. The Kier molecular flexibility index (Phi) is 2.57. The Morgan fingerprint density at radius 3 is 3.00 bits per heavy atom. The van der Waals surface area contributed by atoms with E-state index in [1.807, 2.05) is 19.2 Å². The van der Waals surface area contributed by atoms with Gasteiger partial charge in [-0.15, -0.1) is 0 Å². The zero-order chi connectivity index (χ0) is 10.1. The third kappa shape index (κ3) is 1.81. The average molecular weight is 209 g/mol. The number of hydrogen-bond acceptors (Lipinski definition) is 2. The number of nitrogens with two attached hydrogens (primary N) is 1. The molecule has 1 heterocycles. The van der Waals surface area contributed by atoms with E-state index < -0.39 is 0 Å². The van der Waals surface area contributed by atoms with Crippen molar-refractivity contribution >= 4 is 17.7 Å². The second-order valence-corrected chi connectivity index (χ2v) is 4.10. The zero-order valence-corrected chi connectivity index (χ0v) is 8.88. The van der Waals surface area contributed by atoms with Gasteiger partial charge >= 0.3 is 0 Å². The summed E-state index contributed by atoms with van der Waals surface area (Å²) in [5, 5.41) is 0.547. The largest absolute Gasteiger partial charge is 0.324 e. The van der Waals surface area contributed by atoms with E-state index in [4.69, 9.17) is 17.3 Å². The van der Waals surface area contributed by atoms with Crippen molar-refractivity contribution in [1.29, 1.82) is 0 Å². The first-order chi connectivity index (χ1) is 6.66. The van der Waals surface area contributed by atoms with Gasteiger partial charge < -0.3 is 5.73 Å².